The standard InChI is InChI=1S/C23H20Cl2N4O2S/c1-13(30)28-21(9-15-11-26-20-5-3-2-4-18(15)20)22(31)29-23-27-12-17(32-23)8-14-6-7-16(24)10-19(14)25/h2-7,10-12,21,26H,8-9H2,1H3,(H,28,30)(H,27,29,31). The van der Waals surface area contributed by atoms with Crippen molar-refractivity contribution in [2.75, 3.05) is 5.32 Å². The van der Waals surface area contributed by atoms with E-state index >= 15 is 0 Å². The first-order valence-corrected chi connectivity index (χ1v) is 11.5. The van der Waals surface area contributed by atoms with E-state index < -0.39 is 6.04 Å². The van der Waals surface area contributed by atoms with Crippen molar-refractivity contribution < 1.29 is 9.59 Å². The molecule has 9 heteroatoms. The van der Waals surface area contributed by atoms with Crippen molar-refractivity contribution in [1.82, 2.24) is 15.3 Å². The molecule has 2 amide bonds. The topological polar surface area (TPSA) is 86.9 Å². The summed E-state index contributed by atoms with van der Waals surface area (Å²) in [6.45, 7) is 1.40. The third kappa shape index (κ3) is 5.30. The maximum absolute atomic E-state index is 13.0. The van der Waals surface area contributed by atoms with Gasteiger partial charge < -0.3 is 15.6 Å². The number of para-hydroxylation sites is 1. The molecule has 164 valence electrons. The highest BCUT2D eigenvalue weighted by Gasteiger charge is 2.22. The average molecular weight is 487 g/mol. The minimum absolute atomic E-state index is 0.276. The van der Waals surface area contributed by atoms with Gasteiger partial charge in [-0.3, -0.25) is 9.59 Å². The number of thiazole rings is 1. The van der Waals surface area contributed by atoms with E-state index in [0.29, 0.717) is 28.0 Å². The summed E-state index contributed by atoms with van der Waals surface area (Å²) in [5.41, 5.74) is 2.86. The van der Waals surface area contributed by atoms with Crippen LogP contribution in [0.15, 0.2) is 54.9 Å². The number of anilines is 1. The fourth-order valence-corrected chi connectivity index (χ4v) is 4.78. The van der Waals surface area contributed by atoms with Gasteiger partial charge in [-0.2, -0.15) is 0 Å². The number of rotatable bonds is 7. The number of benzene rings is 2. The van der Waals surface area contributed by atoms with Crippen LogP contribution in [0, 0.1) is 0 Å². The van der Waals surface area contributed by atoms with Crippen LogP contribution in [0.25, 0.3) is 10.9 Å². The molecule has 3 N–H and O–H groups in total. The number of carbonyl (C=O) groups is 2. The molecule has 32 heavy (non-hydrogen) atoms. The summed E-state index contributed by atoms with van der Waals surface area (Å²) in [5.74, 6) is -0.599. The minimum Gasteiger partial charge on any atom is -0.361 e. The van der Waals surface area contributed by atoms with Crippen LogP contribution >= 0.6 is 34.5 Å². The number of hydrogen-bond donors (Lipinski definition) is 3. The normalized spacial score (nSPS) is 12.0. The van der Waals surface area contributed by atoms with Crippen LogP contribution < -0.4 is 10.6 Å². The molecule has 2 aromatic heterocycles. The summed E-state index contributed by atoms with van der Waals surface area (Å²) in [4.78, 5) is 33.1. The second-order valence-electron chi connectivity index (χ2n) is 7.35. The maximum atomic E-state index is 13.0. The summed E-state index contributed by atoms with van der Waals surface area (Å²) in [6.07, 6.45) is 4.50. The van der Waals surface area contributed by atoms with Crippen molar-refractivity contribution in [3.05, 3.63) is 80.9 Å². The lowest BCUT2D eigenvalue weighted by Crippen LogP contribution is -2.44. The molecule has 0 spiro atoms. The van der Waals surface area contributed by atoms with Crippen LogP contribution in [0.1, 0.15) is 22.9 Å². The van der Waals surface area contributed by atoms with Gasteiger partial charge in [-0.15, -0.1) is 11.3 Å². The molecule has 1 atom stereocenters. The molecule has 2 aromatic carbocycles. The van der Waals surface area contributed by atoms with Crippen molar-refractivity contribution in [2.45, 2.75) is 25.8 Å². The van der Waals surface area contributed by atoms with Crippen molar-refractivity contribution in [1.29, 1.82) is 0 Å². The highest BCUT2D eigenvalue weighted by atomic mass is 35.5. The quantitative estimate of drug-likeness (QED) is 0.335. The van der Waals surface area contributed by atoms with Crippen LogP contribution in [-0.2, 0) is 22.4 Å². The summed E-state index contributed by atoms with van der Waals surface area (Å²) in [5, 5.41) is 8.22. The number of hydrogen-bond acceptors (Lipinski definition) is 4. The van der Waals surface area contributed by atoms with Crippen LogP contribution in [0.4, 0.5) is 5.13 Å². The Hall–Kier alpha value is -2.87. The lowest BCUT2D eigenvalue weighted by Gasteiger charge is -2.16. The third-order valence-corrected chi connectivity index (χ3v) is 6.46. The molecule has 0 bridgehead atoms. The molecule has 0 saturated heterocycles. The number of carbonyl (C=O) groups excluding carboxylic acids is 2. The molecule has 0 aliphatic heterocycles. The summed E-state index contributed by atoms with van der Waals surface area (Å²) < 4.78 is 0. The smallest absolute Gasteiger partial charge is 0.249 e. The fraction of sp³-hybridized carbons (Fsp3) is 0.174. The van der Waals surface area contributed by atoms with Crippen LogP contribution in [0.5, 0.6) is 0 Å². The highest BCUT2D eigenvalue weighted by molar-refractivity contribution is 7.15. The zero-order chi connectivity index (χ0) is 22.7. The molecule has 4 aromatic rings. The van der Waals surface area contributed by atoms with Gasteiger partial charge in [0.15, 0.2) is 5.13 Å². The highest BCUT2D eigenvalue weighted by Crippen LogP contribution is 2.27. The first-order chi connectivity index (χ1) is 15.4. The molecule has 2 heterocycles. The fourth-order valence-electron chi connectivity index (χ4n) is 3.47. The lowest BCUT2D eigenvalue weighted by atomic mass is 10.0. The second-order valence-corrected chi connectivity index (χ2v) is 9.31. The van der Waals surface area contributed by atoms with Crippen LogP contribution in [-0.4, -0.2) is 27.8 Å². The molecule has 0 aliphatic carbocycles. The number of aromatic amines is 1. The molecular formula is C23H20Cl2N4O2S. The Morgan fingerprint density at radius 3 is 2.75 bits per heavy atom. The molecule has 0 fully saturated rings. The molecular weight excluding hydrogens is 467 g/mol. The van der Waals surface area contributed by atoms with E-state index in [-0.39, 0.29) is 11.8 Å². The number of H-pyrrole nitrogens is 1. The zero-order valence-electron chi connectivity index (χ0n) is 17.1. The number of nitrogens with one attached hydrogen (secondary N) is 3. The summed E-state index contributed by atoms with van der Waals surface area (Å²) in [7, 11) is 0. The number of nitrogens with zero attached hydrogens (tertiary/aromatic N) is 1. The monoisotopic (exact) mass is 486 g/mol. The number of fused-ring (bicyclic) bond motifs is 1. The van der Waals surface area contributed by atoms with E-state index in [9.17, 15) is 9.59 Å². The summed E-state index contributed by atoms with van der Waals surface area (Å²) in [6, 6.07) is 12.5. The van der Waals surface area contributed by atoms with Crippen molar-refractivity contribution in [3.8, 4) is 0 Å². The average Bonchev–Trinajstić information content (AvgIpc) is 3.36. The molecule has 6 nitrogen and oxygen atoms in total. The first kappa shape index (κ1) is 22.3. The van der Waals surface area contributed by atoms with Gasteiger partial charge in [-0.1, -0.05) is 47.5 Å². The first-order valence-electron chi connectivity index (χ1n) is 9.90. The van der Waals surface area contributed by atoms with Crippen molar-refractivity contribution >= 4 is 62.4 Å². The van der Waals surface area contributed by atoms with Crippen molar-refractivity contribution in [2.24, 2.45) is 0 Å². The molecule has 0 radical (unpaired) electrons. The minimum atomic E-state index is -0.732. The number of amides is 2. The van der Waals surface area contributed by atoms with E-state index in [1.165, 1.54) is 18.3 Å². The van der Waals surface area contributed by atoms with E-state index in [1.807, 2.05) is 36.5 Å². The molecule has 0 aliphatic rings. The van der Waals surface area contributed by atoms with E-state index in [1.54, 1.807) is 18.3 Å². The van der Waals surface area contributed by atoms with Gasteiger partial charge in [-0.05, 0) is 29.3 Å². The van der Waals surface area contributed by atoms with Gasteiger partial charge in [0, 0.05) is 58.0 Å². The number of aromatic nitrogens is 2. The van der Waals surface area contributed by atoms with Crippen molar-refractivity contribution in [3.63, 3.8) is 0 Å². The van der Waals surface area contributed by atoms with Crippen LogP contribution in [0.2, 0.25) is 10.0 Å². The molecule has 1 unspecified atom stereocenters. The van der Waals surface area contributed by atoms with E-state index in [0.717, 1.165) is 26.9 Å². The van der Waals surface area contributed by atoms with Gasteiger partial charge in [0.2, 0.25) is 11.8 Å². The lowest BCUT2D eigenvalue weighted by molar-refractivity contribution is -0.125. The Bertz CT molecular complexity index is 1280. The van der Waals surface area contributed by atoms with Gasteiger partial charge in [0.25, 0.3) is 0 Å². The molecule has 0 saturated carbocycles. The van der Waals surface area contributed by atoms with Gasteiger partial charge in [-0.25, -0.2) is 4.98 Å². The zero-order valence-corrected chi connectivity index (χ0v) is 19.4. The van der Waals surface area contributed by atoms with E-state index in [4.69, 9.17) is 23.2 Å². The Morgan fingerprint density at radius 2 is 1.97 bits per heavy atom. The van der Waals surface area contributed by atoms with E-state index in [2.05, 4.69) is 20.6 Å². The Labute approximate surface area is 199 Å². The Morgan fingerprint density at radius 1 is 1.16 bits per heavy atom. The Balaban J connectivity index is 1.47. The maximum Gasteiger partial charge on any atom is 0.249 e. The van der Waals surface area contributed by atoms with Crippen LogP contribution in [0.3, 0.4) is 0 Å². The molecule has 4 rings (SSSR count). The van der Waals surface area contributed by atoms with Gasteiger partial charge in [0.05, 0.1) is 0 Å². The van der Waals surface area contributed by atoms with Gasteiger partial charge in [0.1, 0.15) is 6.04 Å². The predicted octanol–water partition coefficient (Wildman–Crippen LogP) is 5.21. The SMILES string of the molecule is CC(=O)NC(Cc1c[nH]c2ccccc12)C(=O)Nc1ncc(Cc2ccc(Cl)cc2Cl)s1. The second kappa shape index (κ2) is 9.73. The predicted molar refractivity (Wildman–Crippen MR) is 130 cm³/mol. The Kier molecular flexibility index (Phi) is 6.79. The largest absolute Gasteiger partial charge is 0.361 e. The van der Waals surface area contributed by atoms with Gasteiger partial charge >= 0.3 is 0 Å². The third-order valence-electron chi connectivity index (χ3n) is 4.96. The number of halogens is 2. The summed E-state index contributed by atoms with van der Waals surface area (Å²) >= 11 is 13.6.